The number of amides is 1. The monoisotopic (exact) mass is 452 g/mol. The summed E-state index contributed by atoms with van der Waals surface area (Å²) in [6.45, 7) is 0.440. The average molecular weight is 452 g/mol. The zero-order valence-electron chi connectivity index (χ0n) is 17.5. The first-order valence-electron chi connectivity index (χ1n) is 10.7. The molecule has 1 unspecified atom stereocenters. The Morgan fingerprint density at radius 2 is 1.70 bits per heavy atom. The van der Waals surface area contributed by atoms with Gasteiger partial charge in [0.2, 0.25) is 0 Å². The average Bonchev–Trinajstić information content (AvgIpc) is 3.43. The first-order valence-corrected chi connectivity index (χ1v) is 10.7. The Morgan fingerprint density at radius 1 is 0.970 bits per heavy atom. The molecule has 3 aromatic carbocycles. The standard InChI is InChI=1S/C26H20F4N2O/c27-20-15-17(12-13-19(20)26(28,29)30)25(33)32-14-6-11-22(32)24-23(16-7-2-1-3-8-16)18-9-4-5-10-21(18)31-24/h1-5,7-10,12-13,15,22,31H,6,11,14H2. The summed E-state index contributed by atoms with van der Waals surface area (Å²) in [5, 5.41) is 1.03. The van der Waals surface area contributed by atoms with Gasteiger partial charge in [-0.2, -0.15) is 13.2 Å². The van der Waals surface area contributed by atoms with Gasteiger partial charge in [0, 0.05) is 34.3 Å². The van der Waals surface area contributed by atoms with E-state index >= 15 is 0 Å². The van der Waals surface area contributed by atoms with Gasteiger partial charge in [0.25, 0.3) is 5.91 Å². The molecule has 2 heterocycles. The third-order valence-electron chi connectivity index (χ3n) is 6.17. The number of hydrogen-bond acceptors (Lipinski definition) is 1. The SMILES string of the molecule is O=C(c1ccc(C(F)(F)F)c(F)c1)N1CCCC1c1[nH]c2ccccc2c1-c1ccccc1. The minimum absolute atomic E-state index is 0.0928. The molecule has 1 aliphatic rings. The van der Waals surface area contributed by atoms with Crippen LogP contribution in [-0.4, -0.2) is 22.3 Å². The number of rotatable bonds is 3. The van der Waals surface area contributed by atoms with Crippen LogP contribution in [-0.2, 0) is 6.18 Å². The number of likely N-dealkylation sites (tertiary alicyclic amines) is 1. The molecule has 4 aromatic rings. The molecule has 0 aliphatic carbocycles. The number of carbonyl (C=O) groups is 1. The summed E-state index contributed by atoms with van der Waals surface area (Å²) < 4.78 is 52.9. The first kappa shape index (κ1) is 21.2. The number of nitrogens with zero attached hydrogens (tertiary/aromatic N) is 1. The summed E-state index contributed by atoms with van der Waals surface area (Å²) in [4.78, 5) is 18.4. The number of para-hydroxylation sites is 1. The van der Waals surface area contributed by atoms with E-state index in [2.05, 4.69) is 4.98 Å². The Kier molecular flexibility index (Phi) is 5.19. The predicted octanol–water partition coefficient (Wildman–Crippen LogP) is 6.97. The molecule has 1 amide bonds. The van der Waals surface area contributed by atoms with Crippen molar-refractivity contribution >= 4 is 16.8 Å². The maximum atomic E-state index is 14.1. The lowest BCUT2D eigenvalue weighted by atomic mass is 9.97. The summed E-state index contributed by atoms with van der Waals surface area (Å²) in [7, 11) is 0. The van der Waals surface area contributed by atoms with Crippen molar-refractivity contribution < 1.29 is 22.4 Å². The summed E-state index contributed by atoms with van der Waals surface area (Å²) >= 11 is 0. The Hall–Kier alpha value is -3.61. The Labute approximate surface area is 187 Å². The highest BCUT2D eigenvalue weighted by molar-refractivity contribution is 5.99. The molecule has 168 valence electrons. The molecule has 5 rings (SSSR count). The second-order valence-corrected chi connectivity index (χ2v) is 8.17. The third-order valence-corrected chi connectivity index (χ3v) is 6.17. The molecule has 0 spiro atoms. The molecule has 0 saturated carbocycles. The van der Waals surface area contributed by atoms with Gasteiger partial charge < -0.3 is 9.88 Å². The second kappa shape index (κ2) is 8.06. The van der Waals surface area contributed by atoms with Crippen LogP contribution < -0.4 is 0 Å². The van der Waals surface area contributed by atoms with E-state index in [0.717, 1.165) is 40.2 Å². The quantitative estimate of drug-likeness (QED) is 0.335. The number of nitrogens with one attached hydrogen (secondary N) is 1. The lowest BCUT2D eigenvalue weighted by Crippen LogP contribution is -2.31. The Balaban J connectivity index is 1.56. The van der Waals surface area contributed by atoms with Crippen LogP contribution in [0.5, 0.6) is 0 Å². The molecule has 1 aliphatic heterocycles. The van der Waals surface area contributed by atoms with Crippen LogP contribution in [0.2, 0.25) is 0 Å². The smallest absolute Gasteiger partial charge is 0.356 e. The Morgan fingerprint density at radius 3 is 2.42 bits per heavy atom. The van der Waals surface area contributed by atoms with E-state index < -0.39 is 23.5 Å². The summed E-state index contributed by atoms with van der Waals surface area (Å²) in [6.07, 6.45) is -3.37. The Bertz CT molecular complexity index is 1330. The highest BCUT2D eigenvalue weighted by atomic mass is 19.4. The number of alkyl halides is 3. The fraction of sp³-hybridized carbons (Fsp3) is 0.192. The highest BCUT2D eigenvalue weighted by Crippen LogP contribution is 2.42. The largest absolute Gasteiger partial charge is 0.419 e. The molecule has 7 heteroatoms. The maximum absolute atomic E-state index is 14.1. The van der Waals surface area contributed by atoms with Crippen molar-refractivity contribution in [2.45, 2.75) is 25.1 Å². The number of H-pyrrole nitrogens is 1. The number of fused-ring (bicyclic) bond motifs is 1. The van der Waals surface area contributed by atoms with Crippen LogP contribution in [0.4, 0.5) is 17.6 Å². The van der Waals surface area contributed by atoms with Crippen LogP contribution in [0.25, 0.3) is 22.0 Å². The summed E-state index contributed by atoms with van der Waals surface area (Å²) in [5.74, 6) is -1.93. The second-order valence-electron chi connectivity index (χ2n) is 8.17. The molecule has 1 fully saturated rings. The fourth-order valence-electron chi connectivity index (χ4n) is 4.68. The first-order chi connectivity index (χ1) is 15.8. The molecule has 33 heavy (non-hydrogen) atoms. The molecule has 0 radical (unpaired) electrons. The summed E-state index contributed by atoms with van der Waals surface area (Å²) in [5.41, 5.74) is 2.34. The van der Waals surface area contributed by atoms with E-state index in [9.17, 15) is 22.4 Å². The highest BCUT2D eigenvalue weighted by Gasteiger charge is 2.37. The van der Waals surface area contributed by atoms with Crippen molar-refractivity contribution in [3.63, 3.8) is 0 Å². The zero-order chi connectivity index (χ0) is 23.2. The van der Waals surface area contributed by atoms with Gasteiger partial charge in [-0.3, -0.25) is 4.79 Å². The lowest BCUT2D eigenvalue weighted by Gasteiger charge is -2.25. The van der Waals surface area contributed by atoms with Crippen molar-refractivity contribution in [3.05, 3.63) is 95.4 Å². The molecule has 1 aromatic heterocycles. The molecule has 0 bridgehead atoms. The van der Waals surface area contributed by atoms with Crippen molar-refractivity contribution in [2.75, 3.05) is 6.54 Å². The van der Waals surface area contributed by atoms with Gasteiger partial charge in [0.1, 0.15) is 5.82 Å². The predicted molar refractivity (Wildman–Crippen MR) is 118 cm³/mol. The number of carbonyl (C=O) groups excluding carboxylic acids is 1. The van der Waals surface area contributed by atoms with Gasteiger partial charge in [-0.1, -0.05) is 48.5 Å². The zero-order valence-corrected chi connectivity index (χ0v) is 17.5. The molecule has 3 nitrogen and oxygen atoms in total. The van der Waals surface area contributed by atoms with Crippen LogP contribution in [0, 0.1) is 5.82 Å². The number of aromatic nitrogens is 1. The van der Waals surface area contributed by atoms with Crippen LogP contribution >= 0.6 is 0 Å². The molecule has 1 atom stereocenters. The number of halogens is 4. The molecular weight excluding hydrogens is 432 g/mol. The van der Waals surface area contributed by atoms with Gasteiger partial charge in [-0.15, -0.1) is 0 Å². The minimum Gasteiger partial charge on any atom is -0.356 e. The van der Waals surface area contributed by atoms with E-state index in [1.54, 1.807) is 4.90 Å². The van der Waals surface area contributed by atoms with Crippen molar-refractivity contribution in [3.8, 4) is 11.1 Å². The minimum atomic E-state index is -4.81. The number of aromatic amines is 1. The van der Waals surface area contributed by atoms with Crippen molar-refractivity contribution in [1.29, 1.82) is 0 Å². The molecular formula is C26H20F4N2O. The van der Waals surface area contributed by atoms with Crippen LogP contribution in [0.1, 0.15) is 40.5 Å². The molecule has 1 saturated heterocycles. The lowest BCUT2D eigenvalue weighted by molar-refractivity contribution is -0.140. The van der Waals surface area contributed by atoms with Crippen LogP contribution in [0.3, 0.4) is 0 Å². The number of hydrogen-bond donors (Lipinski definition) is 1. The van der Waals surface area contributed by atoms with E-state index in [1.165, 1.54) is 0 Å². The summed E-state index contributed by atoms with van der Waals surface area (Å²) in [6, 6.07) is 19.8. The van der Waals surface area contributed by atoms with Gasteiger partial charge in [0.05, 0.1) is 11.6 Å². The van der Waals surface area contributed by atoms with E-state index in [-0.39, 0.29) is 11.6 Å². The van der Waals surface area contributed by atoms with Crippen LogP contribution in [0.15, 0.2) is 72.8 Å². The normalized spacial score (nSPS) is 16.5. The van der Waals surface area contributed by atoms with Gasteiger partial charge in [-0.25, -0.2) is 4.39 Å². The molecule has 1 N–H and O–H groups in total. The van der Waals surface area contributed by atoms with E-state index in [1.807, 2.05) is 54.6 Å². The van der Waals surface area contributed by atoms with Crippen molar-refractivity contribution in [1.82, 2.24) is 9.88 Å². The van der Waals surface area contributed by atoms with Gasteiger partial charge in [-0.05, 0) is 42.7 Å². The fourth-order valence-corrected chi connectivity index (χ4v) is 4.68. The van der Waals surface area contributed by atoms with E-state index in [4.69, 9.17) is 0 Å². The van der Waals surface area contributed by atoms with E-state index in [0.29, 0.717) is 25.1 Å². The maximum Gasteiger partial charge on any atom is 0.419 e. The van der Waals surface area contributed by atoms with Gasteiger partial charge >= 0.3 is 6.18 Å². The topological polar surface area (TPSA) is 36.1 Å². The number of benzene rings is 3. The van der Waals surface area contributed by atoms with Gasteiger partial charge in [0.15, 0.2) is 0 Å². The third kappa shape index (κ3) is 3.77. The van der Waals surface area contributed by atoms with Crippen molar-refractivity contribution in [2.24, 2.45) is 0 Å².